The minimum Gasteiger partial charge on any atom is -0.342 e. The first-order valence-electron chi connectivity index (χ1n) is 11.5. The smallest absolute Gasteiger partial charge is 0.225 e. The van der Waals surface area contributed by atoms with Crippen LogP contribution in [0.4, 0.5) is 10.1 Å². The largest absolute Gasteiger partial charge is 0.342 e. The molecule has 2 aliphatic rings. The first-order valence-corrected chi connectivity index (χ1v) is 11.5. The number of aryl methyl sites for hydroxylation is 1. The number of likely N-dealkylation sites (tertiary alicyclic amines) is 1. The number of hydrogen-bond donors (Lipinski definition) is 1. The molecule has 0 aromatic heterocycles. The van der Waals surface area contributed by atoms with Crippen molar-refractivity contribution < 1.29 is 14.0 Å². The summed E-state index contributed by atoms with van der Waals surface area (Å²) in [5.41, 5.74) is 5.72. The Morgan fingerprint density at radius 2 is 2.09 bits per heavy atom. The summed E-state index contributed by atoms with van der Waals surface area (Å²) in [6.07, 6.45) is 3.80. The lowest BCUT2D eigenvalue weighted by Crippen LogP contribution is -2.34. The molecule has 0 spiro atoms. The highest BCUT2D eigenvalue weighted by Crippen LogP contribution is 2.34. The van der Waals surface area contributed by atoms with Crippen molar-refractivity contribution in [2.24, 2.45) is 16.9 Å². The molecule has 1 heterocycles. The Kier molecular flexibility index (Phi) is 6.92. The van der Waals surface area contributed by atoms with Crippen LogP contribution in [0.15, 0.2) is 41.5 Å². The number of anilines is 1. The lowest BCUT2D eigenvalue weighted by molar-refractivity contribution is -0.131. The van der Waals surface area contributed by atoms with E-state index in [-0.39, 0.29) is 23.4 Å². The molecule has 4 rings (SSSR count). The van der Waals surface area contributed by atoms with Gasteiger partial charge in [0.05, 0.1) is 17.3 Å². The Bertz CT molecular complexity index is 1170. The molecule has 176 valence electrons. The number of amidine groups is 1. The van der Waals surface area contributed by atoms with Gasteiger partial charge in [-0.1, -0.05) is 12.1 Å². The quantitative estimate of drug-likeness (QED) is 0.294. The normalized spacial score (nSPS) is 17.9. The molecule has 0 radical (unpaired) electrons. The Morgan fingerprint density at radius 1 is 1.29 bits per heavy atom. The predicted octanol–water partition coefficient (Wildman–Crippen LogP) is 3.82. The number of carbonyl (C=O) groups is 2. The van der Waals surface area contributed by atoms with Gasteiger partial charge in [-0.2, -0.15) is 10.4 Å². The number of amides is 2. The van der Waals surface area contributed by atoms with Gasteiger partial charge in [0.2, 0.25) is 12.3 Å². The highest BCUT2D eigenvalue weighted by molar-refractivity contribution is 6.10. The second-order valence-corrected chi connectivity index (χ2v) is 8.95. The Hall–Kier alpha value is -3.73. The van der Waals surface area contributed by atoms with E-state index in [2.05, 4.69) is 16.6 Å². The van der Waals surface area contributed by atoms with Crippen LogP contribution in [0.3, 0.4) is 0 Å². The van der Waals surface area contributed by atoms with Crippen molar-refractivity contribution in [3.63, 3.8) is 0 Å². The van der Waals surface area contributed by atoms with Crippen LogP contribution in [0.25, 0.3) is 11.1 Å². The van der Waals surface area contributed by atoms with E-state index in [1.54, 1.807) is 37.4 Å². The third kappa shape index (κ3) is 4.93. The van der Waals surface area contributed by atoms with Gasteiger partial charge in [0.25, 0.3) is 0 Å². The third-order valence-corrected chi connectivity index (χ3v) is 6.49. The lowest BCUT2D eigenvalue weighted by Gasteiger charge is -2.23. The molecule has 1 unspecified atom stereocenters. The monoisotopic (exact) mass is 461 g/mol. The van der Waals surface area contributed by atoms with Crippen LogP contribution in [0, 0.1) is 35.9 Å². The van der Waals surface area contributed by atoms with Gasteiger partial charge in [-0.15, -0.1) is 0 Å². The standard InChI is InChI=1S/C26H28FN5O2/c1-17-11-18(14-28)3-7-22(17)21-6-8-24(23(27)13-21)32(16-33)25(30-29-2)12-19-9-10-31(15-19)26(34)20-4-5-20/h3,6-8,11,13,16,19-20,29H,4-5,9-10,12,15H2,1-2H3/b30-25-. The molecular formula is C26H28FN5O2. The maximum Gasteiger partial charge on any atom is 0.225 e. The van der Waals surface area contributed by atoms with Crippen molar-refractivity contribution in [3.8, 4) is 17.2 Å². The van der Waals surface area contributed by atoms with E-state index in [1.165, 1.54) is 11.0 Å². The summed E-state index contributed by atoms with van der Waals surface area (Å²) >= 11 is 0. The molecule has 1 saturated heterocycles. The fraction of sp³-hybridized carbons (Fsp3) is 0.385. The zero-order chi connectivity index (χ0) is 24.2. The molecule has 2 aromatic rings. The van der Waals surface area contributed by atoms with E-state index < -0.39 is 5.82 Å². The highest BCUT2D eigenvalue weighted by atomic mass is 19.1. The van der Waals surface area contributed by atoms with Gasteiger partial charge in [-0.05, 0) is 73.1 Å². The topological polar surface area (TPSA) is 88.8 Å². The maximum absolute atomic E-state index is 15.2. The maximum atomic E-state index is 15.2. The van der Waals surface area contributed by atoms with Gasteiger partial charge < -0.3 is 10.3 Å². The van der Waals surface area contributed by atoms with Crippen LogP contribution < -0.4 is 10.3 Å². The minimum absolute atomic E-state index is 0.114. The SMILES string of the molecule is CN/N=C(/CC1CCN(C(=O)C2CC2)C1)N(C=O)c1ccc(-c2ccc(C#N)cc2C)cc1F. The van der Waals surface area contributed by atoms with Crippen LogP contribution in [0.2, 0.25) is 0 Å². The van der Waals surface area contributed by atoms with Gasteiger partial charge in [-0.25, -0.2) is 4.39 Å². The fourth-order valence-corrected chi connectivity index (χ4v) is 4.56. The van der Waals surface area contributed by atoms with E-state index >= 15 is 4.39 Å². The zero-order valence-electron chi connectivity index (χ0n) is 19.4. The van der Waals surface area contributed by atoms with Gasteiger partial charge in [-0.3, -0.25) is 14.5 Å². The summed E-state index contributed by atoms with van der Waals surface area (Å²) in [4.78, 5) is 27.6. The number of hydrazone groups is 1. The first kappa shape index (κ1) is 23.4. The third-order valence-electron chi connectivity index (χ3n) is 6.49. The molecule has 1 aliphatic heterocycles. The summed E-state index contributed by atoms with van der Waals surface area (Å²) in [7, 11) is 1.63. The molecule has 0 bridgehead atoms. The number of rotatable bonds is 7. The van der Waals surface area contributed by atoms with E-state index in [9.17, 15) is 9.59 Å². The number of carbonyl (C=O) groups excluding carboxylic acids is 2. The number of nitrogens with one attached hydrogen (secondary N) is 1. The molecular weight excluding hydrogens is 433 g/mol. The van der Waals surface area contributed by atoms with Crippen LogP contribution >= 0.6 is 0 Å². The minimum atomic E-state index is -0.547. The van der Waals surface area contributed by atoms with E-state index in [0.29, 0.717) is 42.9 Å². The Balaban J connectivity index is 1.53. The summed E-state index contributed by atoms with van der Waals surface area (Å²) < 4.78 is 15.2. The highest BCUT2D eigenvalue weighted by Gasteiger charge is 2.37. The second-order valence-electron chi connectivity index (χ2n) is 8.95. The van der Waals surface area contributed by atoms with E-state index in [4.69, 9.17) is 5.26 Å². The van der Waals surface area contributed by atoms with Crippen LogP contribution in [0.5, 0.6) is 0 Å². The number of hydrogen-bond acceptors (Lipinski definition) is 5. The molecule has 1 saturated carbocycles. The van der Waals surface area contributed by atoms with Crippen molar-refractivity contribution in [2.75, 3.05) is 25.0 Å². The Labute approximate surface area is 198 Å². The van der Waals surface area contributed by atoms with Gasteiger partial charge in [0.15, 0.2) is 0 Å². The van der Waals surface area contributed by atoms with Gasteiger partial charge in [0.1, 0.15) is 11.7 Å². The summed E-state index contributed by atoms with van der Waals surface area (Å²) in [6, 6.07) is 12.1. The van der Waals surface area contributed by atoms with Crippen molar-refractivity contribution in [2.45, 2.75) is 32.6 Å². The number of benzene rings is 2. The molecule has 1 atom stereocenters. The van der Waals surface area contributed by atoms with Gasteiger partial charge >= 0.3 is 0 Å². The van der Waals surface area contributed by atoms with E-state index in [0.717, 1.165) is 30.4 Å². The molecule has 7 nitrogen and oxygen atoms in total. The van der Waals surface area contributed by atoms with E-state index in [1.807, 2.05) is 11.8 Å². The summed E-state index contributed by atoms with van der Waals surface area (Å²) in [5, 5.41) is 13.3. The molecule has 8 heteroatoms. The Morgan fingerprint density at radius 3 is 2.71 bits per heavy atom. The van der Waals surface area contributed by atoms with Crippen LogP contribution in [-0.4, -0.2) is 43.2 Å². The average Bonchev–Trinajstić information content (AvgIpc) is 3.58. The van der Waals surface area contributed by atoms with Crippen molar-refractivity contribution in [1.29, 1.82) is 5.26 Å². The average molecular weight is 462 g/mol. The van der Waals surface area contributed by atoms with Crippen LogP contribution in [0.1, 0.15) is 36.8 Å². The number of halogens is 1. The number of nitriles is 1. The van der Waals surface area contributed by atoms with Crippen molar-refractivity contribution >= 4 is 23.8 Å². The number of nitrogens with zero attached hydrogens (tertiary/aromatic N) is 4. The van der Waals surface area contributed by atoms with Gasteiger partial charge in [0, 0.05) is 32.5 Å². The summed E-state index contributed by atoms with van der Waals surface area (Å²) in [5.74, 6) is 0.420. The molecule has 2 aromatic carbocycles. The molecule has 2 fully saturated rings. The second kappa shape index (κ2) is 10.0. The van der Waals surface area contributed by atoms with Crippen molar-refractivity contribution in [1.82, 2.24) is 10.3 Å². The fourth-order valence-electron chi connectivity index (χ4n) is 4.56. The predicted molar refractivity (Wildman–Crippen MR) is 128 cm³/mol. The zero-order valence-corrected chi connectivity index (χ0v) is 19.4. The summed E-state index contributed by atoms with van der Waals surface area (Å²) in [6.45, 7) is 3.21. The molecule has 34 heavy (non-hydrogen) atoms. The first-order chi connectivity index (χ1) is 16.4. The lowest BCUT2D eigenvalue weighted by atomic mass is 9.98. The molecule has 1 N–H and O–H groups in total. The van der Waals surface area contributed by atoms with Crippen molar-refractivity contribution in [3.05, 3.63) is 53.3 Å². The van der Waals surface area contributed by atoms with Crippen LogP contribution in [-0.2, 0) is 9.59 Å². The molecule has 1 aliphatic carbocycles. The molecule has 2 amide bonds.